The molecule has 0 amide bonds. The van der Waals surface area contributed by atoms with Crippen molar-refractivity contribution < 1.29 is 16.8 Å². The van der Waals surface area contributed by atoms with Crippen molar-refractivity contribution in [2.75, 3.05) is 48.1 Å². The van der Waals surface area contributed by atoms with Gasteiger partial charge in [-0.3, -0.25) is 0 Å². The van der Waals surface area contributed by atoms with Gasteiger partial charge in [-0.05, 0) is 76.9 Å². The molecule has 1 aromatic carbocycles. The normalized spacial score (nSPS) is 16.3. The summed E-state index contributed by atoms with van der Waals surface area (Å²) in [5, 5.41) is 7.09. The Balaban J connectivity index is 0.000000644. The minimum atomic E-state index is -3.19. The number of halogens is 4. The highest BCUT2D eigenvalue weighted by atomic mass is 79.9. The predicted octanol–water partition coefficient (Wildman–Crippen LogP) is 7.01. The minimum absolute atomic E-state index is 0.00745. The number of imidazole rings is 1. The Kier molecular flexibility index (Phi) is 20.8. The van der Waals surface area contributed by atoms with E-state index in [-0.39, 0.29) is 23.5 Å². The summed E-state index contributed by atoms with van der Waals surface area (Å²) < 4.78 is 47.6. The molecule has 1 aliphatic rings. The fourth-order valence-electron chi connectivity index (χ4n) is 4.78. The van der Waals surface area contributed by atoms with E-state index in [9.17, 15) is 16.8 Å². The van der Waals surface area contributed by atoms with Crippen molar-refractivity contribution in [3.63, 3.8) is 0 Å². The molecule has 18 heteroatoms. The minimum Gasteiger partial charge on any atom is -0.364 e. The first-order valence-electron chi connectivity index (χ1n) is 15.6. The molecule has 48 heavy (non-hydrogen) atoms. The van der Waals surface area contributed by atoms with E-state index in [2.05, 4.69) is 98.6 Å². The van der Waals surface area contributed by atoms with Crippen molar-refractivity contribution in [2.24, 2.45) is 0 Å². The number of benzene rings is 1. The van der Waals surface area contributed by atoms with Crippen LogP contribution in [0.3, 0.4) is 0 Å². The van der Waals surface area contributed by atoms with Crippen LogP contribution in [0.1, 0.15) is 71.9 Å². The number of rotatable bonds is 11. The standard InChI is InChI=1S/C22H30BrN7O2S.C6H15N.CH2Cl2.CH3ClO2S/c1-14(2)30-13-25-19-20(24-12-15-4-6-16(23)7-5-15)27-22(28-21(19)30)26-17-8-10-18(11-9-17)29-33(3,31)32;1-4-7(5-2)6-3;2-1-3;1-5(2,3)4/h4-7,13-14,17-18,29H,8-12H2,1-3H3,(H2,24,26,27,28);4-6H2,1-3H3;1H2;1H3. The molecule has 274 valence electrons. The molecule has 2 heterocycles. The Hall–Kier alpha value is -1.46. The summed E-state index contributed by atoms with van der Waals surface area (Å²) in [6.45, 7) is 14.9. The average Bonchev–Trinajstić information content (AvgIpc) is 3.42. The number of anilines is 2. The van der Waals surface area contributed by atoms with Crippen molar-refractivity contribution in [1.82, 2.24) is 29.1 Å². The Morgan fingerprint density at radius 2 is 1.44 bits per heavy atom. The van der Waals surface area contributed by atoms with Crippen LogP contribution in [0, 0.1) is 0 Å². The molecule has 12 nitrogen and oxygen atoms in total. The lowest BCUT2D eigenvalue weighted by atomic mass is 9.92. The van der Waals surface area contributed by atoms with Gasteiger partial charge in [0, 0.05) is 39.8 Å². The lowest BCUT2D eigenvalue weighted by Crippen LogP contribution is -2.39. The van der Waals surface area contributed by atoms with Crippen molar-refractivity contribution in [1.29, 1.82) is 0 Å². The Bertz CT molecular complexity index is 1560. The van der Waals surface area contributed by atoms with E-state index in [4.69, 9.17) is 33.2 Å². The molecule has 1 fully saturated rings. The summed E-state index contributed by atoms with van der Waals surface area (Å²) in [7, 11) is -1.88. The van der Waals surface area contributed by atoms with E-state index in [1.807, 2.05) is 16.7 Å². The molecule has 3 N–H and O–H groups in total. The molecule has 1 aliphatic carbocycles. The zero-order valence-electron chi connectivity index (χ0n) is 28.7. The smallest absolute Gasteiger partial charge is 0.229 e. The second-order valence-electron chi connectivity index (χ2n) is 11.3. The molecule has 0 spiro atoms. The van der Waals surface area contributed by atoms with Crippen LogP contribution in [0.15, 0.2) is 35.1 Å². The zero-order chi connectivity index (χ0) is 36.5. The van der Waals surface area contributed by atoms with Crippen LogP contribution in [0.5, 0.6) is 0 Å². The van der Waals surface area contributed by atoms with Crippen molar-refractivity contribution >= 4 is 91.8 Å². The highest BCUT2D eigenvalue weighted by Gasteiger charge is 2.24. The first-order chi connectivity index (χ1) is 22.4. The van der Waals surface area contributed by atoms with Gasteiger partial charge in [-0.1, -0.05) is 48.8 Å². The summed E-state index contributed by atoms with van der Waals surface area (Å²) in [5.74, 6) is 1.25. The lowest BCUT2D eigenvalue weighted by molar-refractivity contribution is 0.321. The molecule has 3 aromatic rings. The van der Waals surface area contributed by atoms with E-state index in [1.165, 1.54) is 25.9 Å². The van der Waals surface area contributed by atoms with Crippen LogP contribution in [0.2, 0.25) is 0 Å². The Morgan fingerprint density at radius 3 is 1.88 bits per heavy atom. The third-order valence-electron chi connectivity index (χ3n) is 7.13. The van der Waals surface area contributed by atoms with Gasteiger partial charge >= 0.3 is 0 Å². The SMILES string of the molecule is CC(C)n1cnc2c(NCc3ccc(Br)cc3)nc(NC3CCC(NS(C)(=O)=O)CC3)nc21.CCN(CC)CC.CS(=O)(=O)Cl.ClCCl. The predicted molar refractivity (Wildman–Crippen MR) is 206 cm³/mol. The Labute approximate surface area is 309 Å². The molecule has 4 rings (SSSR count). The van der Waals surface area contributed by atoms with E-state index in [0.29, 0.717) is 18.3 Å². The first kappa shape index (κ1) is 44.6. The second kappa shape index (κ2) is 22.4. The van der Waals surface area contributed by atoms with Gasteiger partial charge in [-0.2, -0.15) is 9.97 Å². The van der Waals surface area contributed by atoms with Crippen molar-refractivity contribution in [2.45, 2.75) is 85.0 Å². The fraction of sp³-hybridized carbons (Fsp3) is 0.633. The number of nitrogens with zero attached hydrogens (tertiary/aromatic N) is 5. The third-order valence-corrected chi connectivity index (χ3v) is 8.42. The van der Waals surface area contributed by atoms with Gasteiger partial charge < -0.3 is 20.1 Å². The van der Waals surface area contributed by atoms with Crippen molar-refractivity contribution in [3.05, 3.63) is 40.6 Å². The summed E-state index contributed by atoms with van der Waals surface area (Å²) in [4.78, 5) is 16.5. The molecule has 1 saturated carbocycles. The number of alkyl halides is 2. The number of nitrogens with one attached hydrogen (secondary N) is 3. The number of sulfonamides is 1. The van der Waals surface area contributed by atoms with E-state index < -0.39 is 19.1 Å². The molecule has 0 unspecified atom stereocenters. The molecule has 0 radical (unpaired) electrons. The van der Waals surface area contributed by atoms with Crippen molar-refractivity contribution in [3.8, 4) is 0 Å². The summed E-state index contributed by atoms with van der Waals surface area (Å²) in [5.41, 5.74) is 2.67. The van der Waals surface area contributed by atoms with Gasteiger partial charge in [0.05, 0.1) is 24.2 Å². The van der Waals surface area contributed by atoms with Gasteiger partial charge in [0.1, 0.15) is 0 Å². The van der Waals surface area contributed by atoms with Gasteiger partial charge in [-0.25, -0.2) is 26.5 Å². The second-order valence-corrected chi connectivity index (χ2v) is 17.8. The highest BCUT2D eigenvalue weighted by Crippen LogP contribution is 2.26. The van der Waals surface area contributed by atoms with E-state index >= 15 is 0 Å². The topological polar surface area (TPSA) is 151 Å². The summed E-state index contributed by atoms with van der Waals surface area (Å²) >= 11 is 13.0. The van der Waals surface area contributed by atoms with Crippen LogP contribution in [0.25, 0.3) is 11.2 Å². The number of hydrogen-bond donors (Lipinski definition) is 3. The van der Waals surface area contributed by atoms with Gasteiger partial charge in [-0.15, -0.1) is 23.2 Å². The quantitative estimate of drug-likeness (QED) is 0.136. The van der Waals surface area contributed by atoms with Gasteiger partial charge in [0.15, 0.2) is 17.0 Å². The molecule has 0 atom stereocenters. The largest absolute Gasteiger partial charge is 0.364 e. The van der Waals surface area contributed by atoms with Crippen LogP contribution in [-0.4, -0.2) is 90.8 Å². The number of aromatic nitrogens is 4. The summed E-state index contributed by atoms with van der Waals surface area (Å²) in [6.07, 6.45) is 7.20. The molecular weight excluding hydrogens is 787 g/mol. The maximum Gasteiger partial charge on any atom is 0.229 e. The number of fused-ring (bicyclic) bond motifs is 1. The molecule has 0 aliphatic heterocycles. The van der Waals surface area contributed by atoms with Crippen LogP contribution in [0.4, 0.5) is 11.8 Å². The van der Waals surface area contributed by atoms with Crippen LogP contribution < -0.4 is 15.4 Å². The highest BCUT2D eigenvalue weighted by molar-refractivity contribution is 9.10. The maximum atomic E-state index is 11.5. The summed E-state index contributed by atoms with van der Waals surface area (Å²) in [6, 6.07) is 8.55. The Morgan fingerprint density at radius 1 is 0.938 bits per heavy atom. The molecule has 2 aromatic heterocycles. The lowest BCUT2D eigenvalue weighted by Gasteiger charge is -2.29. The van der Waals surface area contributed by atoms with Crippen LogP contribution >= 0.6 is 49.8 Å². The fourth-order valence-corrected chi connectivity index (χ4v) is 5.89. The zero-order valence-corrected chi connectivity index (χ0v) is 34.2. The van der Waals surface area contributed by atoms with Crippen LogP contribution in [-0.2, 0) is 25.6 Å². The maximum absolute atomic E-state index is 11.5. The van der Waals surface area contributed by atoms with E-state index in [1.54, 1.807) is 6.33 Å². The molecular formula is C30H50BrCl3N8O4S2. The molecule has 0 bridgehead atoms. The average molecular weight is 837 g/mol. The number of hydrogen-bond acceptors (Lipinski definition) is 10. The van der Waals surface area contributed by atoms with Gasteiger partial charge in [0.25, 0.3) is 0 Å². The van der Waals surface area contributed by atoms with Gasteiger partial charge in [0.2, 0.25) is 25.0 Å². The third kappa shape index (κ3) is 18.5. The van der Waals surface area contributed by atoms with E-state index in [0.717, 1.165) is 53.1 Å². The molecule has 0 saturated heterocycles. The first-order valence-corrected chi connectivity index (χ1v) is 22.1. The monoisotopic (exact) mass is 834 g/mol.